The first-order valence-electron chi connectivity index (χ1n) is 10.8. The number of benzene rings is 3. The molecule has 0 saturated heterocycles. The second-order valence-electron chi connectivity index (χ2n) is 7.72. The van der Waals surface area contributed by atoms with Crippen LogP contribution < -0.4 is 19.6 Å². The van der Waals surface area contributed by atoms with Gasteiger partial charge in [0.2, 0.25) is 5.52 Å². The van der Waals surface area contributed by atoms with E-state index in [0.717, 1.165) is 33.7 Å². The number of esters is 1. The van der Waals surface area contributed by atoms with Crippen molar-refractivity contribution in [3.8, 4) is 5.75 Å². The van der Waals surface area contributed by atoms with Gasteiger partial charge in [-0.05, 0) is 54.6 Å². The van der Waals surface area contributed by atoms with Crippen LogP contribution in [-0.2, 0) is 16.6 Å². The molecule has 0 aliphatic carbocycles. The number of para-hydroxylation sites is 1. The Morgan fingerprint density at radius 1 is 0.912 bits per heavy atom. The number of pyridine rings is 1. The number of ether oxygens (including phenoxy) is 2. The summed E-state index contributed by atoms with van der Waals surface area (Å²) in [6.07, 6.45) is 1.91. The number of hydrazone groups is 1. The molecule has 7 nitrogen and oxygen atoms in total. The number of methoxy groups -OCH3 is 2. The van der Waals surface area contributed by atoms with E-state index >= 15 is 0 Å². The molecule has 172 valence electrons. The Bertz CT molecular complexity index is 1330. The van der Waals surface area contributed by atoms with Crippen molar-refractivity contribution in [2.24, 2.45) is 12.1 Å². The monoisotopic (exact) mass is 455 g/mol. The second kappa shape index (κ2) is 10.0. The van der Waals surface area contributed by atoms with Gasteiger partial charge in [0.1, 0.15) is 12.8 Å². The predicted molar refractivity (Wildman–Crippen MR) is 135 cm³/mol. The molecule has 1 N–H and O–H groups in total. The largest absolute Gasteiger partial charge is 0.497 e. The number of anilines is 3. The van der Waals surface area contributed by atoms with Crippen molar-refractivity contribution in [1.82, 2.24) is 0 Å². The highest BCUT2D eigenvalue weighted by Gasteiger charge is 2.21. The van der Waals surface area contributed by atoms with Gasteiger partial charge in [0.15, 0.2) is 11.9 Å². The molecule has 1 heterocycles. The van der Waals surface area contributed by atoms with E-state index in [9.17, 15) is 4.79 Å². The van der Waals surface area contributed by atoms with Gasteiger partial charge in [-0.3, -0.25) is 5.01 Å². The van der Waals surface area contributed by atoms with Gasteiger partial charge in [-0.25, -0.2) is 9.36 Å². The van der Waals surface area contributed by atoms with Gasteiger partial charge in [0.25, 0.3) is 0 Å². The Kier molecular flexibility index (Phi) is 6.73. The maximum Gasteiger partial charge on any atom is 0.359 e. The first kappa shape index (κ1) is 22.8. The van der Waals surface area contributed by atoms with Crippen LogP contribution in [0.2, 0.25) is 0 Å². The average Bonchev–Trinajstić information content (AvgIpc) is 2.88. The number of hydrogen-bond donors (Lipinski definition) is 1. The molecule has 0 bridgehead atoms. The minimum absolute atomic E-state index is 0.238. The van der Waals surface area contributed by atoms with Crippen molar-refractivity contribution >= 4 is 39.6 Å². The van der Waals surface area contributed by atoms with E-state index in [1.807, 2.05) is 96.7 Å². The minimum Gasteiger partial charge on any atom is -0.497 e. The predicted octanol–water partition coefficient (Wildman–Crippen LogP) is 4.43. The highest BCUT2D eigenvalue weighted by atomic mass is 16.5. The van der Waals surface area contributed by atoms with E-state index in [0.29, 0.717) is 5.56 Å². The minimum atomic E-state index is -0.497. The lowest BCUT2D eigenvalue weighted by atomic mass is 10.0. The first-order chi connectivity index (χ1) is 16.5. The Balaban J connectivity index is 1.62. The van der Waals surface area contributed by atoms with Gasteiger partial charge < -0.3 is 14.8 Å². The van der Waals surface area contributed by atoms with Crippen LogP contribution in [0.4, 0.5) is 17.1 Å². The Morgan fingerprint density at radius 3 is 2.21 bits per heavy atom. The summed E-state index contributed by atoms with van der Waals surface area (Å²) in [5.41, 5.74) is 4.66. The summed E-state index contributed by atoms with van der Waals surface area (Å²) in [6.45, 7) is 0. The maximum absolute atomic E-state index is 12.7. The van der Waals surface area contributed by atoms with Crippen LogP contribution in [0.1, 0.15) is 5.56 Å². The summed E-state index contributed by atoms with van der Waals surface area (Å²) in [5, 5.41) is 10.6. The molecule has 0 saturated carbocycles. The fraction of sp³-hybridized carbons (Fsp3) is 0.148. The van der Waals surface area contributed by atoms with Crippen LogP contribution in [0.15, 0.2) is 90.2 Å². The molecule has 0 unspecified atom stereocenters. The van der Waals surface area contributed by atoms with Crippen molar-refractivity contribution in [3.05, 3.63) is 90.6 Å². The topological polar surface area (TPSA) is 67.0 Å². The highest BCUT2D eigenvalue weighted by Crippen LogP contribution is 2.23. The van der Waals surface area contributed by atoms with Gasteiger partial charge in [-0.2, -0.15) is 5.10 Å². The molecule has 0 atom stereocenters. The van der Waals surface area contributed by atoms with Crippen molar-refractivity contribution in [1.29, 1.82) is 0 Å². The van der Waals surface area contributed by atoms with Crippen molar-refractivity contribution < 1.29 is 18.8 Å². The number of nitrogens with one attached hydrogen (secondary N) is 1. The lowest BCUT2D eigenvalue weighted by Crippen LogP contribution is -2.30. The van der Waals surface area contributed by atoms with Crippen molar-refractivity contribution in [3.63, 3.8) is 0 Å². The molecular formula is C27H27N4O3+. The molecule has 0 fully saturated rings. The lowest BCUT2D eigenvalue weighted by Gasteiger charge is -2.16. The zero-order chi connectivity index (χ0) is 24.1. The van der Waals surface area contributed by atoms with E-state index in [1.165, 1.54) is 7.11 Å². The summed E-state index contributed by atoms with van der Waals surface area (Å²) < 4.78 is 12.3. The molecule has 3 aromatic carbocycles. The van der Waals surface area contributed by atoms with Gasteiger partial charge >= 0.3 is 5.97 Å². The average molecular weight is 456 g/mol. The van der Waals surface area contributed by atoms with Crippen LogP contribution in [0, 0.1) is 0 Å². The van der Waals surface area contributed by atoms with Gasteiger partial charge in [-0.15, -0.1) is 0 Å². The number of rotatable bonds is 7. The zero-order valence-corrected chi connectivity index (χ0v) is 19.6. The van der Waals surface area contributed by atoms with Crippen LogP contribution >= 0.6 is 0 Å². The quantitative estimate of drug-likeness (QED) is 0.193. The molecule has 4 aromatic rings. The molecule has 4 rings (SSSR count). The number of aromatic nitrogens is 1. The summed E-state index contributed by atoms with van der Waals surface area (Å²) >= 11 is 0. The molecule has 0 radical (unpaired) electrons. The third-order valence-electron chi connectivity index (χ3n) is 5.54. The first-order valence-corrected chi connectivity index (χ1v) is 10.8. The number of fused-ring (bicyclic) bond motifs is 1. The van der Waals surface area contributed by atoms with E-state index in [4.69, 9.17) is 9.47 Å². The smallest absolute Gasteiger partial charge is 0.359 e. The second-order valence-corrected chi connectivity index (χ2v) is 7.72. The van der Waals surface area contributed by atoms with Crippen LogP contribution in [0.25, 0.3) is 10.9 Å². The Hall–Kier alpha value is -4.39. The Labute approximate surface area is 198 Å². The fourth-order valence-electron chi connectivity index (χ4n) is 3.68. The van der Waals surface area contributed by atoms with E-state index < -0.39 is 5.97 Å². The lowest BCUT2D eigenvalue weighted by molar-refractivity contribution is -0.644. The van der Waals surface area contributed by atoms with E-state index in [-0.39, 0.29) is 5.71 Å². The zero-order valence-electron chi connectivity index (χ0n) is 19.6. The highest BCUT2D eigenvalue weighted by molar-refractivity contribution is 6.45. The number of carbonyl (C=O) groups excluding carboxylic acids is 1. The fourth-order valence-corrected chi connectivity index (χ4v) is 3.68. The molecule has 0 spiro atoms. The van der Waals surface area contributed by atoms with E-state index in [2.05, 4.69) is 10.4 Å². The van der Waals surface area contributed by atoms with Gasteiger partial charge in [-0.1, -0.05) is 12.1 Å². The summed E-state index contributed by atoms with van der Waals surface area (Å²) in [5.74, 6) is 0.311. The Morgan fingerprint density at radius 2 is 1.56 bits per heavy atom. The molecular weight excluding hydrogens is 428 g/mol. The number of carbonyl (C=O) groups is 1. The molecule has 34 heavy (non-hydrogen) atoms. The number of hydrogen-bond acceptors (Lipinski definition) is 6. The molecule has 1 aromatic heterocycles. The SMILES string of the molecule is COC(=O)/C(=N\N(C)c1ccc(Nc2ccc(OC)cc2)cc1)c1cc[n+](C)c2ccccc12. The molecule has 0 amide bonds. The number of nitrogens with zero attached hydrogens (tertiary/aromatic N) is 3. The van der Waals surface area contributed by atoms with Gasteiger partial charge in [0.05, 0.1) is 25.3 Å². The maximum atomic E-state index is 12.7. The summed E-state index contributed by atoms with van der Waals surface area (Å²) in [6, 6.07) is 25.3. The normalized spacial score (nSPS) is 11.2. The standard InChI is InChI=1S/C27H27N4O3/c1-30-18-17-24(23-7-5-6-8-25(23)30)26(27(32)34-4)29-31(2)21-13-9-19(10-14-21)28-20-11-15-22(33-3)16-12-20/h5-18,28H,1-4H3/q+1. The molecule has 7 heteroatoms. The van der Waals surface area contributed by atoms with E-state index in [1.54, 1.807) is 19.2 Å². The summed E-state index contributed by atoms with van der Waals surface area (Å²) in [4.78, 5) is 12.7. The van der Waals surface area contributed by atoms with Crippen LogP contribution in [-0.4, -0.2) is 32.9 Å². The van der Waals surface area contributed by atoms with Crippen LogP contribution in [0.5, 0.6) is 5.75 Å². The third-order valence-corrected chi connectivity index (χ3v) is 5.54. The van der Waals surface area contributed by atoms with Crippen molar-refractivity contribution in [2.45, 2.75) is 0 Å². The third kappa shape index (κ3) is 4.83. The molecule has 0 aliphatic heterocycles. The van der Waals surface area contributed by atoms with Crippen LogP contribution in [0.3, 0.4) is 0 Å². The van der Waals surface area contributed by atoms with Gasteiger partial charge in [0, 0.05) is 36.1 Å². The summed E-state index contributed by atoms with van der Waals surface area (Å²) in [7, 11) is 6.78. The molecule has 0 aliphatic rings. The number of aryl methyl sites for hydroxylation is 1. The van der Waals surface area contributed by atoms with Crippen molar-refractivity contribution in [2.75, 3.05) is 31.6 Å².